The summed E-state index contributed by atoms with van der Waals surface area (Å²) in [6.07, 6.45) is 0.248. The number of carbonyl (C=O) groups is 2. The van der Waals surface area contributed by atoms with E-state index in [1.807, 2.05) is 23.1 Å². The Morgan fingerprint density at radius 1 is 0.933 bits per heavy atom. The molecule has 6 heteroatoms. The van der Waals surface area contributed by atoms with E-state index in [9.17, 15) is 9.59 Å². The average molecular weight is 407 g/mol. The molecule has 0 spiro atoms. The molecule has 0 bridgehead atoms. The summed E-state index contributed by atoms with van der Waals surface area (Å²) < 4.78 is 0. The second kappa shape index (κ2) is 9.41. The summed E-state index contributed by atoms with van der Waals surface area (Å²) in [6.45, 7) is 5.31. The molecule has 2 fully saturated rings. The highest BCUT2D eigenvalue weighted by molar-refractivity contribution is 5.89. The molecular weight excluding hydrogens is 376 g/mol. The third-order valence-electron chi connectivity index (χ3n) is 6.11. The minimum atomic E-state index is -0.403. The molecule has 1 N–H and O–H groups in total. The topological polar surface area (TPSA) is 55.9 Å². The lowest BCUT2D eigenvalue weighted by Gasteiger charge is -2.37. The van der Waals surface area contributed by atoms with Crippen molar-refractivity contribution in [2.75, 3.05) is 46.3 Å². The van der Waals surface area contributed by atoms with Crippen LogP contribution in [0.25, 0.3) is 11.1 Å². The van der Waals surface area contributed by atoms with Crippen LogP contribution in [0.3, 0.4) is 0 Å². The van der Waals surface area contributed by atoms with Gasteiger partial charge in [-0.05, 0) is 23.7 Å². The van der Waals surface area contributed by atoms with E-state index in [2.05, 4.69) is 58.6 Å². The smallest absolute Gasteiger partial charge is 0.237 e. The lowest BCUT2D eigenvalue weighted by Crippen LogP contribution is -2.57. The van der Waals surface area contributed by atoms with Crippen molar-refractivity contribution < 1.29 is 9.59 Å². The van der Waals surface area contributed by atoms with E-state index in [0.29, 0.717) is 13.1 Å². The molecule has 158 valence electrons. The lowest BCUT2D eigenvalue weighted by molar-refractivity contribution is -0.140. The lowest BCUT2D eigenvalue weighted by atomic mass is 10.0. The maximum Gasteiger partial charge on any atom is 0.237 e. The number of nitrogens with one attached hydrogen (secondary N) is 1. The Morgan fingerprint density at radius 3 is 2.30 bits per heavy atom. The Morgan fingerprint density at radius 2 is 1.60 bits per heavy atom. The number of likely N-dealkylation sites (N-methyl/N-ethyl adjacent to an activating group) is 1. The molecule has 6 nitrogen and oxygen atoms in total. The number of rotatable bonds is 5. The fourth-order valence-corrected chi connectivity index (χ4v) is 4.19. The van der Waals surface area contributed by atoms with Gasteiger partial charge in [-0.2, -0.15) is 0 Å². The van der Waals surface area contributed by atoms with Crippen LogP contribution in [0.15, 0.2) is 54.6 Å². The van der Waals surface area contributed by atoms with E-state index in [1.54, 1.807) is 0 Å². The minimum absolute atomic E-state index is 0.0374. The van der Waals surface area contributed by atoms with Crippen molar-refractivity contribution in [3.63, 3.8) is 0 Å². The zero-order valence-corrected chi connectivity index (χ0v) is 17.6. The minimum Gasteiger partial charge on any atom is -0.353 e. The van der Waals surface area contributed by atoms with E-state index in [0.717, 1.165) is 38.3 Å². The van der Waals surface area contributed by atoms with Crippen LogP contribution in [-0.4, -0.2) is 78.9 Å². The Bertz CT molecular complexity index is 861. The van der Waals surface area contributed by atoms with Gasteiger partial charge in [0.25, 0.3) is 0 Å². The van der Waals surface area contributed by atoms with Crippen LogP contribution in [-0.2, 0) is 16.1 Å². The van der Waals surface area contributed by atoms with E-state index in [1.165, 1.54) is 11.1 Å². The molecule has 2 aliphatic rings. The monoisotopic (exact) mass is 406 g/mol. The normalized spacial score (nSPS) is 20.8. The molecule has 0 aliphatic carbocycles. The highest BCUT2D eigenvalue weighted by atomic mass is 16.2. The summed E-state index contributed by atoms with van der Waals surface area (Å²) in [5.41, 5.74) is 3.52. The fourth-order valence-electron chi connectivity index (χ4n) is 4.19. The number of piperazine rings is 2. The SMILES string of the molecule is CN1CCN(C(=O)C[C@@H]2C(=O)NCCN2Cc2ccc(-c3ccccc3)cc2)CC1. The largest absolute Gasteiger partial charge is 0.353 e. The molecule has 1 atom stereocenters. The predicted octanol–water partition coefficient (Wildman–Crippen LogP) is 1.82. The predicted molar refractivity (Wildman–Crippen MR) is 118 cm³/mol. The molecule has 0 radical (unpaired) electrons. The molecule has 2 saturated heterocycles. The molecule has 30 heavy (non-hydrogen) atoms. The van der Waals surface area contributed by atoms with Crippen LogP contribution >= 0.6 is 0 Å². The Balaban J connectivity index is 1.41. The highest BCUT2D eigenvalue weighted by Gasteiger charge is 2.33. The highest BCUT2D eigenvalue weighted by Crippen LogP contribution is 2.21. The van der Waals surface area contributed by atoms with Gasteiger partial charge in [-0.1, -0.05) is 54.6 Å². The first-order chi connectivity index (χ1) is 14.6. The average Bonchev–Trinajstić information content (AvgIpc) is 2.77. The number of benzene rings is 2. The third kappa shape index (κ3) is 4.89. The van der Waals surface area contributed by atoms with E-state index in [-0.39, 0.29) is 18.2 Å². The standard InChI is InChI=1S/C24H30N4O2/c1-26-13-15-27(16-14-26)23(29)17-22-24(30)25-11-12-28(22)18-19-7-9-21(10-8-19)20-5-3-2-4-6-20/h2-10,22H,11-18H2,1H3,(H,25,30)/t22-/m1/s1. The molecule has 2 amide bonds. The van der Waals surface area contributed by atoms with Gasteiger partial charge in [0.05, 0.1) is 12.5 Å². The van der Waals surface area contributed by atoms with Gasteiger partial charge in [0, 0.05) is 45.8 Å². The van der Waals surface area contributed by atoms with Crippen LogP contribution in [0.4, 0.5) is 0 Å². The van der Waals surface area contributed by atoms with Gasteiger partial charge in [0.15, 0.2) is 0 Å². The van der Waals surface area contributed by atoms with Crippen molar-refractivity contribution in [2.45, 2.75) is 19.0 Å². The maximum atomic E-state index is 12.8. The molecule has 2 aromatic rings. The summed E-state index contributed by atoms with van der Waals surface area (Å²) in [6, 6.07) is 18.4. The Kier molecular flexibility index (Phi) is 6.45. The molecule has 0 unspecified atom stereocenters. The number of amides is 2. The quantitative estimate of drug-likeness (QED) is 0.823. The van der Waals surface area contributed by atoms with Gasteiger partial charge >= 0.3 is 0 Å². The maximum absolute atomic E-state index is 12.8. The summed E-state index contributed by atoms with van der Waals surface area (Å²) in [5.74, 6) is 0.0409. The van der Waals surface area contributed by atoms with Gasteiger partial charge in [-0.3, -0.25) is 14.5 Å². The van der Waals surface area contributed by atoms with Gasteiger partial charge in [0.2, 0.25) is 11.8 Å². The number of carbonyl (C=O) groups excluding carboxylic acids is 2. The van der Waals surface area contributed by atoms with E-state index in [4.69, 9.17) is 0 Å². The van der Waals surface area contributed by atoms with Crippen LogP contribution in [0.2, 0.25) is 0 Å². The van der Waals surface area contributed by atoms with Crippen molar-refractivity contribution in [1.29, 1.82) is 0 Å². The first-order valence-corrected chi connectivity index (χ1v) is 10.7. The second-order valence-electron chi connectivity index (χ2n) is 8.23. The van der Waals surface area contributed by atoms with Crippen LogP contribution in [0, 0.1) is 0 Å². The molecule has 0 aromatic heterocycles. The van der Waals surface area contributed by atoms with E-state index >= 15 is 0 Å². The zero-order valence-electron chi connectivity index (χ0n) is 17.6. The van der Waals surface area contributed by atoms with Gasteiger partial charge in [0.1, 0.15) is 0 Å². The number of nitrogens with zero attached hydrogens (tertiary/aromatic N) is 3. The molecule has 0 saturated carbocycles. The molecule has 2 heterocycles. The summed E-state index contributed by atoms with van der Waals surface area (Å²) in [5, 5.41) is 2.93. The van der Waals surface area contributed by atoms with Gasteiger partial charge < -0.3 is 15.1 Å². The zero-order chi connectivity index (χ0) is 20.9. The summed E-state index contributed by atoms with van der Waals surface area (Å²) in [4.78, 5) is 31.7. The molecule has 4 rings (SSSR count). The van der Waals surface area contributed by atoms with Crippen molar-refractivity contribution in [1.82, 2.24) is 20.0 Å². The van der Waals surface area contributed by atoms with Crippen LogP contribution in [0.5, 0.6) is 0 Å². The second-order valence-corrected chi connectivity index (χ2v) is 8.23. The van der Waals surface area contributed by atoms with Crippen molar-refractivity contribution >= 4 is 11.8 Å². The van der Waals surface area contributed by atoms with Gasteiger partial charge in [-0.15, -0.1) is 0 Å². The number of hydrogen-bond acceptors (Lipinski definition) is 4. The Labute approximate surface area is 178 Å². The number of hydrogen-bond donors (Lipinski definition) is 1. The molecular formula is C24H30N4O2. The first-order valence-electron chi connectivity index (χ1n) is 10.7. The molecule has 2 aromatic carbocycles. The fraction of sp³-hybridized carbons (Fsp3) is 0.417. The summed E-state index contributed by atoms with van der Waals surface area (Å²) in [7, 11) is 2.07. The van der Waals surface area contributed by atoms with Crippen LogP contribution < -0.4 is 5.32 Å². The van der Waals surface area contributed by atoms with E-state index < -0.39 is 6.04 Å². The third-order valence-corrected chi connectivity index (χ3v) is 6.11. The van der Waals surface area contributed by atoms with Crippen molar-refractivity contribution in [3.05, 3.63) is 60.2 Å². The van der Waals surface area contributed by atoms with Crippen molar-refractivity contribution in [3.8, 4) is 11.1 Å². The van der Waals surface area contributed by atoms with Crippen molar-refractivity contribution in [2.24, 2.45) is 0 Å². The van der Waals surface area contributed by atoms with Gasteiger partial charge in [-0.25, -0.2) is 0 Å². The first kappa shape index (κ1) is 20.6. The van der Waals surface area contributed by atoms with Crippen LogP contribution in [0.1, 0.15) is 12.0 Å². The Hall–Kier alpha value is -2.70. The molecule has 2 aliphatic heterocycles. The summed E-state index contributed by atoms with van der Waals surface area (Å²) >= 11 is 0.